The van der Waals surface area contributed by atoms with Crippen molar-refractivity contribution in [3.8, 4) is 11.5 Å². The van der Waals surface area contributed by atoms with Gasteiger partial charge in [-0.25, -0.2) is 8.78 Å². The molecule has 3 rings (SSSR count). The standard InChI is InChI=1S/C20H26ClF2NO3/c1-12(2)17-8-16(24-13-10-20(22,23)11-13)14-7-15(21)19(9-18(14)27-17)26-6-4-5-25-3/h7-9,12-13,17,24H,4-6,10-11H2,1-3H3. The van der Waals surface area contributed by atoms with Gasteiger partial charge in [0.15, 0.2) is 0 Å². The number of nitrogens with one attached hydrogen (secondary N) is 1. The summed E-state index contributed by atoms with van der Waals surface area (Å²) in [5.74, 6) is -1.14. The van der Waals surface area contributed by atoms with Crippen molar-refractivity contribution in [2.24, 2.45) is 5.92 Å². The molecule has 0 radical (unpaired) electrons. The van der Waals surface area contributed by atoms with Crippen LogP contribution in [0.5, 0.6) is 11.5 Å². The molecule has 2 aliphatic rings. The highest BCUT2D eigenvalue weighted by Crippen LogP contribution is 2.42. The molecule has 1 unspecified atom stereocenters. The molecule has 1 aliphatic heterocycles. The minimum absolute atomic E-state index is 0.150. The molecule has 1 aromatic rings. The summed E-state index contributed by atoms with van der Waals surface area (Å²) in [7, 11) is 1.64. The van der Waals surface area contributed by atoms with Gasteiger partial charge in [0.05, 0.1) is 11.6 Å². The van der Waals surface area contributed by atoms with Crippen LogP contribution in [0.2, 0.25) is 5.02 Å². The van der Waals surface area contributed by atoms with Gasteiger partial charge in [-0.15, -0.1) is 0 Å². The molecule has 1 heterocycles. The molecular weight excluding hydrogens is 376 g/mol. The average Bonchev–Trinajstić information content (AvgIpc) is 2.57. The highest BCUT2D eigenvalue weighted by molar-refractivity contribution is 6.32. The van der Waals surface area contributed by atoms with E-state index in [1.54, 1.807) is 19.2 Å². The van der Waals surface area contributed by atoms with Crippen molar-refractivity contribution in [1.82, 2.24) is 5.32 Å². The minimum atomic E-state index is -2.57. The van der Waals surface area contributed by atoms with Crippen LogP contribution in [0.15, 0.2) is 18.2 Å². The summed E-state index contributed by atoms with van der Waals surface area (Å²) in [5, 5.41) is 3.71. The molecule has 27 heavy (non-hydrogen) atoms. The molecule has 1 saturated carbocycles. The lowest BCUT2D eigenvalue weighted by Gasteiger charge is -2.38. The molecule has 1 atom stereocenters. The Bertz CT molecular complexity index is 701. The van der Waals surface area contributed by atoms with Gasteiger partial charge in [-0.2, -0.15) is 0 Å². The summed E-state index contributed by atoms with van der Waals surface area (Å²) >= 11 is 6.38. The van der Waals surface area contributed by atoms with Gasteiger partial charge < -0.3 is 19.5 Å². The van der Waals surface area contributed by atoms with Crippen LogP contribution >= 0.6 is 11.6 Å². The summed E-state index contributed by atoms with van der Waals surface area (Å²) in [5.41, 5.74) is 1.57. The van der Waals surface area contributed by atoms with E-state index in [0.717, 1.165) is 17.7 Å². The zero-order valence-electron chi connectivity index (χ0n) is 15.9. The third kappa shape index (κ3) is 4.85. The number of rotatable bonds is 8. The molecule has 150 valence electrons. The van der Waals surface area contributed by atoms with Crippen molar-refractivity contribution < 1.29 is 23.0 Å². The average molecular weight is 402 g/mol. The van der Waals surface area contributed by atoms with Gasteiger partial charge in [0.1, 0.15) is 17.6 Å². The van der Waals surface area contributed by atoms with Crippen molar-refractivity contribution in [3.05, 3.63) is 28.8 Å². The lowest BCUT2D eigenvalue weighted by atomic mass is 9.87. The first-order chi connectivity index (χ1) is 12.8. The SMILES string of the molecule is COCCCOc1cc2c(cc1Cl)C(NC1CC(F)(F)C1)=CC(C(C)C)O2. The lowest BCUT2D eigenvalue weighted by molar-refractivity contribution is -0.0892. The summed E-state index contributed by atoms with van der Waals surface area (Å²) in [6.45, 7) is 5.20. The van der Waals surface area contributed by atoms with E-state index < -0.39 is 5.92 Å². The second-order valence-corrected chi connectivity index (χ2v) is 7.89. The van der Waals surface area contributed by atoms with E-state index in [2.05, 4.69) is 19.2 Å². The minimum Gasteiger partial charge on any atom is -0.492 e. The normalized spacial score (nSPS) is 21.1. The summed E-state index contributed by atoms with van der Waals surface area (Å²) in [6.07, 6.45) is 2.26. The van der Waals surface area contributed by atoms with E-state index in [9.17, 15) is 8.78 Å². The lowest BCUT2D eigenvalue weighted by Crippen LogP contribution is -2.48. The molecule has 0 aromatic heterocycles. The van der Waals surface area contributed by atoms with Gasteiger partial charge in [-0.3, -0.25) is 0 Å². The maximum atomic E-state index is 13.2. The highest BCUT2D eigenvalue weighted by atomic mass is 35.5. The predicted octanol–water partition coefficient (Wildman–Crippen LogP) is 4.90. The van der Waals surface area contributed by atoms with Crippen molar-refractivity contribution in [2.45, 2.75) is 51.2 Å². The van der Waals surface area contributed by atoms with Gasteiger partial charge in [0.2, 0.25) is 0 Å². The molecule has 1 N–H and O–H groups in total. The zero-order chi connectivity index (χ0) is 19.6. The van der Waals surface area contributed by atoms with E-state index >= 15 is 0 Å². The number of hydrogen-bond donors (Lipinski definition) is 1. The number of halogens is 3. The quantitative estimate of drug-likeness (QED) is 0.629. The molecule has 7 heteroatoms. The Kier molecular flexibility index (Phi) is 6.16. The fourth-order valence-electron chi connectivity index (χ4n) is 3.21. The third-order valence-electron chi connectivity index (χ3n) is 4.78. The fraction of sp³-hybridized carbons (Fsp3) is 0.600. The van der Waals surface area contributed by atoms with Crippen molar-refractivity contribution in [1.29, 1.82) is 0 Å². The van der Waals surface area contributed by atoms with Crippen LogP contribution < -0.4 is 14.8 Å². The third-order valence-corrected chi connectivity index (χ3v) is 5.07. The fourth-order valence-corrected chi connectivity index (χ4v) is 3.43. The molecule has 1 aliphatic carbocycles. The van der Waals surface area contributed by atoms with Gasteiger partial charge in [0, 0.05) is 56.3 Å². The van der Waals surface area contributed by atoms with E-state index in [4.69, 9.17) is 25.8 Å². The first-order valence-corrected chi connectivity index (χ1v) is 9.65. The topological polar surface area (TPSA) is 39.7 Å². The van der Waals surface area contributed by atoms with Crippen molar-refractivity contribution >= 4 is 17.3 Å². The molecular formula is C20H26ClF2NO3. The molecule has 0 spiro atoms. The van der Waals surface area contributed by atoms with E-state index in [1.807, 2.05) is 6.08 Å². The smallest absolute Gasteiger partial charge is 0.252 e. The molecule has 4 nitrogen and oxygen atoms in total. The maximum Gasteiger partial charge on any atom is 0.252 e. The molecule has 1 fully saturated rings. The van der Waals surface area contributed by atoms with Crippen LogP contribution in [0, 0.1) is 5.92 Å². The molecule has 0 amide bonds. The van der Waals surface area contributed by atoms with Crippen LogP contribution in [0.25, 0.3) is 5.70 Å². The van der Waals surface area contributed by atoms with Crippen LogP contribution in [0.1, 0.15) is 38.7 Å². The van der Waals surface area contributed by atoms with Gasteiger partial charge in [-0.05, 0) is 18.1 Å². The van der Waals surface area contributed by atoms with Crippen LogP contribution in [-0.4, -0.2) is 38.4 Å². The number of alkyl halides is 2. The summed E-state index contributed by atoms with van der Waals surface area (Å²) < 4.78 is 43.3. The van der Waals surface area contributed by atoms with Crippen molar-refractivity contribution in [2.75, 3.05) is 20.3 Å². The maximum absolute atomic E-state index is 13.2. The number of ether oxygens (including phenoxy) is 3. The van der Waals surface area contributed by atoms with Gasteiger partial charge in [0.25, 0.3) is 5.92 Å². The first-order valence-electron chi connectivity index (χ1n) is 9.27. The highest BCUT2D eigenvalue weighted by Gasteiger charge is 2.45. The summed E-state index contributed by atoms with van der Waals surface area (Å²) in [4.78, 5) is 0. The predicted molar refractivity (Wildman–Crippen MR) is 102 cm³/mol. The van der Waals surface area contributed by atoms with Gasteiger partial charge in [-0.1, -0.05) is 25.4 Å². The molecule has 1 aromatic carbocycles. The zero-order valence-corrected chi connectivity index (χ0v) is 16.6. The Morgan fingerprint density at radius 1 is 1.30 bits per heavy atom. The van der Waals surface area contributed by atoms with Crippen LogP contribution in [0.4, 0.5) is 8.78 Å². The Balaban J connectivity index is 1.79. The Morgan fingerprint density at radius 3 is 2.67 bits per heavy atom. The molecule has 0 saturated heterocycles. The van der Waals surface area contributed by atoms with E-state index in [0.29, 0.717) is 29.7 Å². The monoisotopic (exact) mass is 401 g/mol. The number of hydrogen-bond acceptors (Lipinski definition) is 4. The van der Waals surface area contributed by atoms with E-state index in [1.165, 1.54) is 0 Å². The second kappa shape index (κ2) is 8.23. The largest absolute Gasteiger partial charge is 0.492 e. The Hall–Kier alpha value is -1.53. The van der Waals surface area contributed by atoms with Crippen molar-refractivity contribution in [3.63, 3.8) is 0 Å². The van der Waals surface area contributed by atoms with E-state index in [-0.39, 0.29) is 30.9 Å². The van der Waals surface area contributed by atoms with Crippen LogP contribution in [0.3, 0.4) is 0 Å². The summed E-state index contributed by atoms with van der Waals surface area (Å²) in [6, 6.07) is 3.31. The number of benzene rings is 1. The van der Waals surface area contributed by atoms with Gasteiger partial charge >= 0.3 is 0 Å². The Morgan fingerprint density at radius 2 is 2.04 bits per heavy atom. The number of methoxy groups -OCH3 is 1. The first kappa shape index (κ1) is 20.2. The second-order valence-electron chi connectivity index (χ2n) is 7.49. The number of fused-ring (bicyclic) bond motifs is 1. The Labute approximate surface area is 163 Å². The molecule has 0 bridgehead atoms. The van der Waals surface area contributed by atoms with Crippen LogP contribution in [-0.2, 0) is 4.74 Å².